The minimum absolute atomic E-state index is 0.399. The molecule has 0 aromatic carbocycles. The molecule has 158 valence electrons. The first-order valence-corrected chi connectivity index (χ1v) is 11.5. The maximum atomic E-state index is 11.5. The number of unbranched alkanes of at least 4 members (excludes halogenated alkanes) is 13. The number of ether oxygens (including phenoxy) is 1. The molecule has 0 saturated heterocycles. The van der Waals surface area contributed by atoms with Gasteiger partial charge in [-0.25, -0.2) is 4.79 Å². The number of pyridine rings is 1. The third-order valence-corrected chi connectivity index (χ3v) is 5.33. The molecular formula is C25H42NO2+. The van der Waals surface area contributed by atoms with Crippen LogP contribution in [0.2, 0.25) is 0 Å². The fourth-order valence-corrected chi connectivity index (χ4v) is 3.59. The topological polar surface area (TPSA) is 30.2 Å². The molecule has 0 saturated carbocycles. The van der Waals surface area contributed by atoms with Crippen LogP contribution in [0.5, 0.6) is 5.88 Å². The summed E-state index contributed by atoms with van der Waals surface area (Å²) in [5, 5.41) is 0. The molecular weight excluding hydrogens is 346 g/mol. The molecule has 1 rings (SSSR count). The van der Waals surface area contributed by atoms with Gasteiger partial charge in [-0.1, -0.05) is 90.6 Å². The molecule has 28 heavy (non-hydrogen) atoms. The van der Waals surface area contributed by atoms with Crippen LogP contribution < -0.4 is 9.30 Å². The zero-order valence-electron chi connectivity index (χ0n) is 18.4. The third-order valence-electron chi connectivity index (χ3n) is 5.33. The van der Waals surface area contributed by atoms with Crippen molar-refractivity contribution in [3.8, 4) is 5.88 Å². The summed E-state index contributed by atoms with van der Waals surface area (Å²) in [5.41, 5.74) is 0.975. The van der Waals surface area contributed by atoms with E-state index in [2.05, 4.69) is 13.5 Å². The fraction of sp³-hybridized carbons (Fsp3) is 0.680. The largest absolute Gasteiger partial charge is 0.378 e. The molecule has 0 aliphatic rings. The van der Waals surface area contributed by atoms with E-state index in [4.69, 9.17) is 4.74 Å². The lowest BCUT2D eigenvalue weighted by Crippen LogP contribution is -2.37. The van der Waals surface area contributed by atoms with Crippen LogP contribution in [0.15, 0.2) is 31.0 Å². The lowest BCUT2D eigenvalue weighted by atomic mass is 10.0. The van der Waals surface area contributed by atoms with Crippen LogP contribution in [0.1, 0.15) is 102 Å². The molecule has 0 aliphatic heterocycles. The lowest BCUT2D eigenvalue weighted by Gasteiger charge is -2.06. The van der Waals surface area contributed by atoms with Crippen LogP contribution in [-0.2, 0) is 11.3 Å². The Kier molecular flexibility index (Phi) is 14.2. The number of esters is 1. The molecule has 3 nitrogen and oxygen atoms in total. The average Bonchev–Trinajstić information content (AvgIpc) is 2.70. The van der Waals surface area contributed by atoms with Gasteiger partial charge in [-0.15, -0.1) is 0 Å². The second-order valence-electron chi connectivity index (χ2n) is 7.91. The zero-order valence-corrected chi connectivity index (χ0v) is 18.4. The zero-order chi connectivity index (χ0) is 20.5. The highest BCUT2D eigenvalue weighted by Gasteiger charge is 2.17. The summed E-state index contributed by atoms with van der Waals surface area (Å²) in [6.07, 6.45) is 22.2. The van der Waals surface area contributed by atoms with E-state index in [1.807, 2.05) is 29.8 Å². The van der Waals surface area contributed by atoms with Gasteiger partial charge in [-0.3, -0.25) is 0 Å². The van der Waals surface area contributed by atoms with E-state index in [-0.39, 0.29) is 0 Å². The summed E-state index contributed by atoms with van der Waals surface area (Å²) >= 11 is 0. The smallest absolute Gasteiger partial charge is 0.367 e. The summed E-state index contributed by atoms with van der Waals surface area (Å²) in [6.45, 7) is 8.61. The molecule has 0 fully saturated rings. The Morgan fingerprint density at radius 1 is 0.929 bits per heavy atom. The fourth-order valence-electron chi connectivity index (χ4n) is 3.59. The molecule has 0 amide bonds. The van der Waals surface area contributed by atoms with E-state index in [1.54, 1.807) is 0 Å². The van der Waals surface area contributed by atoms with E-state index in [0.717, 1.165) is 18.5 Å². The molecule has 0 bridgehead atoms. The highest BCUT2D eigenvalue weighted by Crippen LogP contribution is 2.14. The average molecular weight is 389 g/mol. The minimum Gasteiger partial charge on any atom is -0.367 e. The quantitative estimate of drug-likeness (QED) is 0.126. The number of rotatable bonds is 17. The molecule has 0 radical (unpaired) electrons. The summed E-state index contributed by atoms with van der Waals surface area (Å²) in [4.78, 5) is 11.5. The Bertz CT molecular complexity index is 553. The van der Waals surface area contributed by atoms with Gasteiger partial charge in [0.05, 0.1) is 5.56 Å². The second kappa shape index (κ2) is 16.3. The third kappa shape index (κ3) is 11.3. The second-order valence-corrected chi connectivity index (χ2v) is 7.91. The predicted molar refractivity (Wildman–Crippen MR) is 118 cm³/mol. The van der Waals surface area contributed by atoms with Gasteiger partial charge < -0.3 is 4.74 Å². The van der Waals surface area contributed by atoms with Crippen LogP contribution in [0, 0.1) is 6.92 Å². The van der Waals surface area contributed by atoms with Crippen molar-refractivity contribution in [2.24, 2.45) is 0 Å². The number of carbonyl (C=O) groups excluding carboxylic acids is 1. The summed E-state index contributed by atoms with van der Waals surface area (Å²) in [7, 11) is 0. The van der Waals surface area contributed by atoms with Gasteiger partial charge in [0.2, 0.25) is 0 Å². The molecule has 3 heteroatoms. The molecule has 1 aromatic heterocycles. The van der Waals surface area contributed by atoms with Crippen LogP contribution in [0.25, 0.3) is 0 Å². The Labute approximate surface area is 173 Å². The molecule has 0 N–H and O–H groups in total. The maximum Gasteiger partial charge on any atom is 0.378 e. The Balaban J connectivity index is 2.05. The predicted octanol–water partition coefficient (Wildman–Crippen LogP) is 6.86. The number of nitrogens with zero attached hydrogens (tertiary/aromatic N) is 1. The number of carbonyl (C=O) groups is 1. The first-order chi connectivity index (χ1) is 13.7. The van der Waals surface area contributed by atoms with Gasteiger partial charge >= 0.3 is 11.8 Å². The van der Waals surface area contributed by atoms with Crippen molar-refractivity contribution in [3.63, 3.8) is 0 Å². The lowest BCUT2D eigenvalue weighted by molar-refractivity contribution is -0.701. The van der Waals surface area contributed by atoms with Crippen LogP contribution in [0.4, 0.5) is 0 Å². The molecule has 0 spiro atoms. The molecule has 0 unspecified atom stereocenters. The van der Waals surface area contributed by atoms with Crippen molar-refractivity contribution in [1.29, 1.82) is 0 Å². The van der Waals surface area contributed by atoms with Gasteiger partial charge in [0.15, 0.2) is 12.7 Å². The maximum absolute atomic E-state index is 11.5. The molecule has 0 atom stereocenters. The van der Waals surface area contributed by atoms with E-state index < -0.39 is 5.97 Å². The number of hydrogen-bond acceptors (Lipinski definition) is 2. The van der Waals surface area contributed by atoms with Crippen molar-refractivity contribution in [3.05, 3.63) is 36.5 Å². The molecule has 0 aliphatic carbocycles. The first-order valence-electron chi connectivity index (χ1n) is 11.5. The number of hydrogen-bond donors (Lipinski definition) is 0. The SMILES string of the molecule is C=CC(=O)Oc1c(C)ccc[n+]1CCCCCCCCCCCCCCCC. The van der Waals surface area contributed by atoms with Crippen molar-refractivity contribution in [2.75, 3.05) is 0 Å². The Morgan fingerprint density at radius 3 is 1.93 bits per heavy atom. The van der Waals surface area contributed by atoms with Crippen LogP contribution >= 0.6 is 0 Å². The van der Waals surface area contributed by atoms with Gasteiger partial charge in [0.25, 0.3) is 0 Å². The molecule has 1 heterocycles. The monoisotopic (exact) mass is 388 g/mol. The van der Waals surface area contributed by atoms with Crippen LogP contribution in [-0.4, -0.2) is 5.97 Å². The Morgan fingerprint density at radius 2 is 1.43 bits per heavy atom. The normalized spacial score (nSPS) is 10.8. The highest BCUT2D eigenvalue weighted by molar-refractivity contribution is 5.83. The van der Waals surface area contributed by atoms with E-state index in [1.165, 1.54) is 89.5 Å². The minimum atomic E-state index is -0.399. The van der Waals surface area contributed by atoms with Crippen LogP contribution in [0.3, 0.4) is 0 Å². The Hall–Kier alpha value is -1.64. The van der Waals surface area contributed by atoms with Gasteiger partial charge in [-0.2, -0.15) is 4.57 Å². The van der Waals surface area contributed by atoms with Crippen molar-refractivity contribution < 1.29 is 14.1 Å². The van der Waals surface area contributed by atoms with E-state index in [9.17, 15) is 4.79 Å². The standard InChI is InChI=1S/C25H42NO2/c1-4-6-7-8-9-10-11-12-13-14-15-16-17-18-21-26-22-19-20-23(3)25(26)28-24(27)5-2/h5,19-20,22H,2,4,6-18,21H2,1,3H3/q+1. The van der Waals surface area contributed by atoms with E-state index in [0.29, 0.717) is 5.88 Å². The summed E-state index contributed by atoms with van der Waals surface area (Å²) < 4.78 is 7.44. The van der Waals surface area contributed by atoms with Crippen molar-refractivity contribution in [1.82, 2.24) is 0 Å². The van der Waals surface area contributed by atoms with Crippen molar-refractivity contribution >= 4 is 5.97 Å². The highest BCUT2D eigenvalue weighted by atomic mass is 16.5. The number of aromatic nitrogens is 1. The van der Waals surface area contributed by atoms with Gasteiger partial charge in [0.1, 0.15) is 0 Å². The molecule has 1 aromatic rings. The van der Waals surface area contributed by atoms with Gasteiger partial charge in [-0.05, 0) is 19.4 Å². The first kappa shape index (κ1) is 24.4. The summed E-state index contributed by atoms with van der Waals surface area (Å²) in [6, 6.07) is 3.97. The summed E-state index contributed by atoms with van der Waals surface area (Å²) in [5.74, 6) is 0.242. The van der Waals surface area contributed by atoms with Gasteiger partial charge in [0, 0.05) is 18.6 Å². The van der Waals surface area contributed by atoms with E-state index >= 15 is 0 Å². The van der Waals surface area contributed by atoms with Crippen molar-refractivity contribution in [2.45, 2.75) is 110 Å². The number of aryl methyl sites for hydroxylation is 2.